The minimum atomic E-state index is 0.486. The third-order valence-corrected chi connectivity index (χ3v) is 6.14. The zero-order chi connectivity index (χ0) is 18.8. The highest BCUT2D eigenvalue weighted by Crippen LogP contribution is 2.30. The molecular formula is C22H24N4S. The number of piperazine rings is 1. The highest BCUT2D eigenvalue weighted by atomic mass is 32.1. The molecule has 0 atom stereocenters. The van der Waals surface area contributed by atoms with Crippen LogP contribution < -0.4 is 4.90 Å². The van der Waals surface area contributed by atoms with Gasteiger partial charge in [-0.3, -0.25) is 4.90 Å². The maximum atomic E-state index is 8.96. The van der Waals surface area contributed by atoms with Crippen LogP contribution in [0.25, 0.3) is 10.2 Å². The standard InChI is InChI=1S/C22H24N4S/c1-16-3-4-20-21(13-16)27-22(24-20)26-9-7-25(8-10-26)15-19-12-17(2)11-18(14-19)5-6-23/h3-4,11-14H,5,7-10,15H2,1-2H3. The monoisotopic (exact) mass is 376 g/mol. The lowest BCUT2D eigenvalue weighted by molar-refractivity contribution is 0.250. The molecule has 1 fully saturated rings. The topological polar surface area (TPSA) is 43.2 Å². The van der Waals surface area contributed by atoms with Crippen LogP contribution >= 0.6 is 11.3 Å². The quantitative estimate of drug-likeness (QED) is 0.681. The number of nitrogens with zero attached hydrogens (tertiary/aromatic N) is 4. The summed E-state index contributed by atoms with van der Waals surface area (Å²) < 4.78 is 1.28. The van der Waals surface area contributed by atoms with E-state index in [0.717, 1.165) is 48.9 Å². The molecule has 0 spiro atoms. The molecule has 2 heterocycles. The van der Waals surface area contributed by atoms with Gasteiger partial charge in [-0.15, -0.1) is 0 Å². The molecule has 4 rings (SSSR count). The molecule has 138 valence electrons. The van der Waals surface area contributed by atoms with Gasteiger partial charge in [0.1, 0.15) is 0 Å². The Hall–Kier alpha value is -2.42. The van der Waals surface area contributed by atoms with Crippen molar-refractivity contribution in [3.05, 3.63) is 58.7 Å². The van der Waals surface area contributed by atoms with Crippen molar-refractivity contribution in [1.29, 1.82) is 5.26 Å². The molecule has 27 heavy (non-hydrogen) atoms. The Kier molecular flexibility index (Phi) is 5.11. The largest absolute Gasteiger partial charge is 0.345 e. The summed E-state index contributed by atoms with van der Waals surface area (Å²) >= 11 is 1.80. The van der Waals surface area contributed by atoms with E-state index in [9.17, 15) is 0 Å². The number of benzene rings is 2. The SMILES string of the molecule is Cc1cc(CC#N)cc(CN2CCN(c3nc4ccc(C)cc4s3)CC2)c1. The first kappa shape index (κ1) is 18.0. The lowest BCUT2D eigenvalue weighted by atomic mass is 10.0. The second-order valence-corrected chi connectivity index (χ2v) is 8.40. The van der Waals surface area contributed by atoms with Crippen LogP contribution in [0.2, 0.25) is 0 Å². The van der Waals surface area contributed by atoms with Crippen molar-refractivity contribution in [3.8, 4) is 6.07 Å². The lowest BCUT2D eigenvalue weighted by Gasteiger charge is -2.34. The van der Waals surface area contributed by atoms with Gasteiger partial charge in [0, 0.05) is 32.7 Å². The van der Waals surface area contributed by atoms with Gasteiger partial charge in [0.2, 0.25) is 0 Å². The average Bonchev–Trinajstić information content (AvgIpc) is 3.05. The first-order chi connectivity index (χ1) is 13.1. The predicted octanol–water partition coefficient (Wildman–Crippen LogP) is 4.30. The van der Waals surface area contributed by atoms with Gasteiger partial charge in [0.05, 0.1) is 22.7 Å². The van der Waals surface area contributed by atoms with E-state index in [2.05, 4.69) is 66.1 Å². The van der Waals surface area contributed by atoms with E-state index in [-0.39, 0.29) is 0 Å². The number of thiazole rings is 1. The molecule has 0 saturated carbocycles. The van der Waals surface area contributed by atoms with E-state index < -0.39 is 0 Å². The van der Waals surface area contributed by atoms with Gasteiger partial charge >= 0.3 is 0 Å². The van der Waals surface area contributed by atoms with Crippen LogP contribution in [0.1, 0.15) is 22.3 Å². The molecule has 0 radical (unpaired) electrons. The zero-order valence-electron chi connectivity index (χ0n) is 15.9. The van der Waals surface area contributed by atoms with Crippen molar-refractivity contribution in [2.75, 3.05) is 31.1 Å². The van der Waals surface area contributed by atoms with Crippen molar-refractivity contribution >= 4 is 26.7 Å². The summed E-state index contributed by atoms with van der Waals surface area (Å²) in [6, 6.07) is 15.3. The summed E-state index contributed by atoms with van der Waals surface area (Å²) in [6.45, 7) is 9.29. The van der Waals surface area contributed by atoms with Crippen LogP contribution in [-0.2, 0) is 13.0 Å². The number of aryl methyl sites for hydroxylation is 2. The molecule has 0 aliphatic carbocycles. The summed E-state index contributed by atoms with van der Waals surface area (Å²) in [5.74, 6) is 0. The Morgan fingerprint density at radius 1 is 1.00 bits per heavy atom. The van der Waals surface area contributed by atoms with Gasteiger partial charge in [-0.05, 0) is 42.7 Å². The summed E-state index contributed by atoms with van der Waals surface area (Å²) in [5, 5.41) is 10.1. The van der Waals surface area contributed by atoms with E-state index in [1.54, 1.807) is 11.3 Å². The maximum absolute atomic E-state index is 8.96. The molecule has 3 aromatic rings. The van der Waals surface area contributed by atoms with Crippen molar-refractivity contribution in [2.45, 2.75) is 26.8 Å². The van der Waals surface area contributed by atoms with Gasteiger partial charge in [0.15, 0.2) is 5.13 Å². The fraction of sp³-hybridized carbons (Fsp3) is 0.364. The fourth-order valence-corrected chi connectivity index (χ4v) is 4.86. The third-order valence-electron chi connectivity index (χ3n) is 5.06. The van der Waals surface area contributed by atoms with E-state index >= 15 is 0 Å². The highest BCUT2D eigenvalue weighted by Gasteiger charge is 2.20. The van der Waals surface area contributed by atoms with Crippen molar-refractivity contribution in [1.82, 2.24) is 9.88 Å². The van der Waals surface area contributed by atoms with Gasteiger partial charge < -0.3 is 4.90 Å². The average molecular weight is 377 g/mol. The number of hydrogen-bond donors (Lipinski definition) is 0. The Morgan fingerprint density at radius 3 is 2.56 bits per heavy atom. The van der Waals surface area contributed by atoms with Crippen molar-refractivity contribution in [3.63, 3.8) is 0 Å². The number of aromatic nitrogens is 1. The first-order valence-corrected chi connectivity index (χ1v) is 10.2. The molecular weight excluding hydrogens is 352 g/mol. The van der Waals surface area contributed by atoms with E-state index in [1.165, 1.54) is 21.4 Å². The molecule has 0 amide bonds. The number of rotatable bonds is 4. The first-order valence-electron chi connectivity index (χ1n) is 9.41. The molecule has 4 nitrogen and oxygen atoms in total. The summed E-state index contributed by atoms with van der Waals surface area (Å²) in [7, 11) is 0. The second kappa shape index (κ2) is 7.67. The normalized spacial score (nSPS) is 15.2. The molecule has 0 N–H and O–H groups in total. The number of fused-ring (bicyclic) bond motifs is 1. The van der Waals surface area contributed by atoms with Crippen LogP contribution in [0.4, 0.5) is 5.13 Å². The molecule has 1 aromatic heterocycles. The number of anilines is 1. The van der Waals surface area contributed by atoms with Crippen LogP contribution in [0.5, 0.6) is 0 Å². The lowest BCUT2D eigenvalue weighted by Crippen LogP contribution is -2.45. The van der Waals surface area contributed by atoms with Crippen molar-refractivity contribution in [2.24, 2.45) is 0 Å². The molecule has 2 aromatic carbocycles. The Bertz CT molecular complexity index is 993. The van der Waals surface area contributed by atoms with Crippen LogP contribution in [0, 0.1) is 25.2 Å². The Labute approximate surface area is 164 Å². The maximum Gasteiger partial charge on any atom is 0.186 e. The third kappa shape index (κ3) is 4.13. The number of nitriles is 1. The number of hydrogen-bond acceptors (Lipinski definition) is 5. The Balaban J connectivity index is 1.40. The molecule has 5 heteroatoms. The summed E-state index contributed by atoms with van der Waals surface area (Å²) in [6.07, 6.45) is 0.486. The fourth-order valence-electron chi connectivity index (χ4n) is 3.74. The van der Waals surface area contributed by atoms with Gasteiger partial charge in [0.25, 0.3) is 0 Å². The molecule has 1 aliphatic heterocycles. The summed E-state index contributed by atoms with van der Waals surface area (Å²) in [5.41, 5.74) is 6.06. The molecule has 1 aliphatic rings. The van der Waals surface area contributed by atoms with Gasteiger partial charge in [-0.25, -0.2) is 4.98 Å². The zero-order valence-corrected chi connectivity index (χ0v) is 16.7. The second-order valence-electron chi connectivity index (χ2n) is 7.39. The highest BCUT2D eigenvalue weighted by molar-refractivity contribution is 7.22. The minimum Gasteiger partial charge on any atom is -0.345 e. The molecule has 1 saturated heterocycles. The van der Waals surface area contributed by atoms with E-state index in [1.807, 2.05) is 0 Å². The smallest absolute Gasteiger partial charge is 0.186 e. The summed E-state index contributed by atoms with van der Waals surface area (Å²) in [4.78, 5) is 9.73. The minimum absolute atomic E-state index is 0.486. The predicted molar refractivity (Wildman–Crippen MR) is 112 cm³/mol. The van der Waals surface area contributed by atoms with Crippen LogP contribution in [-0.4, -0.2) is 36.1 Å². The van der Waals surface area contributed by atoms with E-state index in [0.29, 0.717) is 6.42 Å². The van der Waals surface area contributed by atoms with E-state index in [4.69, 9.17) is 10.2 Å². The van der Waals surface area contributed by atoms with Crippen LogP contribution in [0.15, 0.2) is 36.4 Å². The molecule has 0 unspecified atom stereocenters. The molecule has 0 bridgehead atoms. The Morgan fingerprint density at radius 2 is 1.78 bits per heavy atom. The van der Waals surface area contributed by atoms with Gasteiger partial charge in [-0.2, -0.15) is 5.26 Å². The van der Waals surface area contributed by atoms with Gasteiger partial charge in [-0.1, -0.05) is 41.2 Å². The van der Waals surface area contributed by atoms with Crippen LogP contribution in [0.3, 0.4) is 0 Å². The van der Waals surface area contributed by atoms with Crippen molar-refractivity contribution < 1.29 is 0 Å².